The van der Waals surface area contributed by atoms with Crippen LogP contribution < -0.4 is 10.2 Å². The molecule has 0 atom stereocenters. The van der Waals surface area contributed by atoms with Gasteiger partial charge in [-0.25, -0.2) is 0 Å². The zero-order valence-electron chi connectivity index (χ0n) is 16.1. The number of hydrogen-bond donors (Lipinski definition) is 1. The van der Waals surface area contributed by atoms with Gasteiger partial charge < -0.3 is 10.2 Å². The van der Waals surface area contributed by atoms with Crippen LogP contribution in [0.4, 0.5) is 11.4 Å². The molecule has 1 heterocycles. The fraction of sp³-hybridized carbons (Fsp3) is 0.120. The summed E-state index contributed by atoms with van der Waals surface area (Å²) >= 11 is 0. The van der Waals surface area contributed by atoms with Crippen molar-refractivity contribution < 1.29 is 9.59 Å². The first kappa shape index (κ1) is 17.4. The first-order chi connectivity index (χ1) is 14.2. The van der Waals surface area contributed by atoms with Gasteiger partial charge in [-0.1, -0.05) is 54.6 Å². The van der Waals surface area contributed by atoms with E-state index in [-0.39, 0.29) is 11.8 Å². The van der Waals surface area contributed by atoms with Gasteiger partial charge in [-0.2, -0.15) is 0 Å². The van der Waals surface area contributed by atoms with Crippen LogP contribution in [0.25, 0.3) is 21.5 Å². The average molecular weight is 380 g/mol. The van der Waals surface area contributed by atoms with Crippen LogP contribution >= 0.6 is 0 Å². The summed E-state index contributed by atoms with van der Waals surface area (Å²) in [6, 6.07) is 23.7. The van der Waals surface area contributed by atoms with Crippen LogP contribution in [0.2, 0.25) is 0 Å². The van der Waals surface area contributed by atoms with Crippen molar-refractivity contribution in [2.75, 3.05) is 16.8 Å². The van der Waals surface area contributed by atoms with E-state index in [4.69, 9.17) is 0 Å². The number of amides is 2. The van der Waals surface area contributed by atoms with Crippen molar-refractivity contribution in [2.24, 2.45) is 0 Å². The Morgan fingerprint density at radius 1 is 0.931 bits per heavy atom. The van der Waals surface area contributed by atoms with Crippen LogP contribution in [-0.4, -0.2) is 18.4 Å². The standard InChI is InChI=1S/C25H20N2O2/c1-2-27-22-13-12-21(19-8-5-9-20(24(19)22)25(27)29)26-23(28)15-16-10-11-17-6-3-4-7-18(17)14-16/h3-14H,2,15H2,1H3,(H,26,28). The third-order valence-corrected chi connectivity index (χ3v) is 5.55. The molecule has 1 N–H and O–H groups in total. The molecular formula is C25H20N2O2. The van der Waals surface area contributed by atoms with Gasteiger partial charge in [-0.05, 0) is 41.5 Å². The molecule has 0 bridgehead atoms. The summed E-state index contributed by atoms with van der Waals surface area (Å²) in [5.74, 6) is -0.0506. The van der Waals surface area contributed by atoms with Crippen molar-refractivity contribution in [3.8, 4) is 0 Å². The molecule has 0 saturated heterocycles. The highest BCUT2D eigenvalue weighted by atomic mass is 16.2. The van der Waals surface area contributed by atoms with Crippen LogP contribution in [-0.2, 0) is 11.2 Å². The molecule has 5 rings (SSSR count). The third kappa shape index (κ3) is 2.85. The van der Waals surface area contributed by atoms with Crippen molar-refractivity contribution >= 4 is 44.7 Å². The van der Waals surface area contributed by atoms with Gasteiger partial charge in [-0.15, -0.1) is 0 Å². The summed E-state index contributed by atoms with van der Waals surface area (Å²) in [6.45, 7) is 2.59. The molecule has 0 unspecified atom stereocenters. The first-order valence-electron chi connectivity index (χ1n) is 9.81. The fourth-order valence-corrected chi connectivity index (χ4v) is 4.20. The minimum atomic E-state index is -0.0716. The highest BCUT2D eigenvalue weighted by Crippen LogP contribution is 2.40. The summed E-state index contributed by atoms with van der Waals surface area (Å²) in [5, 5.41) is 7.15. The van der Waals surface area contributed by atoms with Gasteiger partial charge in [0.25, 0.3) is 5.91 Å². The molecule has 0 fully saturated rings. The summed E-state index contributed by atoms with van der Waals surface area (Å²) < 4.78 is 0. The Bertz CT molecular complexity index is 1290. The van der Waals surface area contributed by atoms with Crippen molar-refractivity contribution in [3.63, 3.8) is 0 Å². The summed E-state index contributed by atoms with van der Waals surface area (Å²) in [6.07, 6.45) is 0.299. The molecule has 4 heteroatoms. The predicted octanol–water partition coefficient (Wildman–Crippen LogP) is 5.15. The summed E-state index contributed by atoms with van der Waals surface area (Å²) in [5.41, 5.74) is 3.32. The van der Waals surface area contributed by atoms with E-state index in [1.807, 2.05) is 61.5 Å². The zero-order chi connectivity index (χ0) is 20.0. The number of nitrogens with one attached hydrogen (secondary N) is 1. The van der Waals surface area contributed by atoms with Gasteiger partial charge in [0.05, 0.1) is 12.1 Å². The maximum Gasteiger partial charge on any atom is 0.258 e. The van der Waals surface area contributed by atoms with Gasteiger partial charge in [0.2, 0.25) is 5.91 Å². The molecule has 29 heavy (non-hydrogen) atoms. The lowest BCUT2D eigenvalue weighted by molar-refractivity contribution is -0.115. The molecule has 4 aromatic carbocycles. The van der Waals surface area contributed by atoms with Gasteiger partial charge >= 0.3 is 0 Å². The van der Waals surface area contributed by atoms with E-state index in [9.17, 15) is 9.59 Å². The molecule has 1 aliphatic rings. The number of rotatable bonds is 4. The van der Waals surface area contributed by atoms with Gasteiger partial charge in [0.1, 0.15) is 0 Å². The lowest BCUT2D eigenvalue weighted by Gasteiger charge is -2.15. The Hall–Kier alpha value is -3.66. The van der Waals surface area contributed by atoms with Gasteiger partial charge in [0.15, 0.2) is 0 Å². The van der Waals surface area contributed by atoms with Crippen LogP contribution in [0.3, 0.4) is 0 Å². The number of nitrogens with zero attached hydrogens (tertiary/aromatic N) is 1. The molecule has 4 aromatic rings. The molecule has 0 spiro atoms. The largest absolute Gasteiger partial charge is 0.325 e. The van der Waals surface area contributed by atoms with E-state index >= 15 is 0 Å². The van der Waals surface area contributed by atoms with Crippen LogP contribution in [0.5, 0.6) is 0 Å². The Kier molecular flexibility index (Phi) is 4.06. The fourth-order valence-electron chi connectivity index (χ4n) is 4.20. The normalized spacial score (nSPS) is 12.7. The molecule has 0 aromatic heterocycles. The summed E-state index contributed by atoms with van der Waals surface area (Å²) in [4.78, 5) is 27.1. The van der Waals surface area contributed by atoms with Crippen molar-refractivity contribution in [1.82, 2.24) is 0 Å². The number of anilines is 2. The van der Waals surface area contributed by atoms with Crippen LogP contribution in [0.15, 0.2) is 72.8 Å². The molecule has 0 radical (unpaired) electrons. The minimum Gasteiger partial charge on any atom is -0.325 e. The summed E-state index contributed by atoms with van der Waals surface area (Å²) in [7, 11) is 0. The lowest BCUT2D eigenvalue weighted by atomic mass is 10.0. The number of carbonyl (C=O) groups is 2. The SMILES string of the molecule is CCN1C(=O)c2cccc3c(NC(=O)Cc4ccc5ccccc5c4)ccc1c23. The molecule has 1 aliphatic heterocycles. The van der Waals surface area contributed by atoms with E-state index in [2.05, 4.69) is 23.5 Å². The second kappa shape index (κ2) is 6.74. The highest BCUT2D eigenvalue weighted by molar-refractivity contribution is 6.27. The Morgan fingerprint density at radius 2 is 1.76 bits per heavy atom. The van der Waals surface area contributed by atoms with E-state index in [1.54, 1.807) is 4.90 Å². The van der Waals surface area contributed by atoms with Crippen LogP contribution in [0.1, 0.15) is 22.8 Å². The molecule has 0 saturated carbocycles. The average Bonchev–Trinajstić information content (AvgIpc) is 3.02. The topological polar surface area (TPSA) is 49.4 Å². The first-order valence-corrected chi connectivity index (χ1v) is 9.81. The smallest absolute Gasteiger partial charge is 0.258 e. The third-order valence-electron chi connectivity index (χ3n) is 5.55. The van der Waals surface area contributed by atoms with Crippen LogP contribution in [0, 0.1) is 0 Å². The monoisotopic (exact) mass is 380 g/mol. The van der Waals surface area contributed by atoms with Crippen molar-refractivity contribution in [3.05, 3.63) is 83.9 Å². The molecular weight excluding hydrogens is 360 g/mol. The Balaban J connectivity index is 1.45. The van der Waals surface area contributed by atoms with Crippen molar-refractivity contribution in [1.29, 1.82) is 0 Å². The Morgan fingerprint density at radius 3 is 2.59 bits per heavy atom. The quantitative estimate of drug-likeness (QED) is 0.532. The number of benzene rings is 4. The van der Waals surface area contributed by atoms with E-state index in [0.717, 1.165) is 38.5 Å². The van der Waals surface area contributed by atoms with Gasteiger partial charge in [-0.3, -0.25) is 9.59 Å². The maximum atomic E-state index is 12.7. The zero-order valence-corrected chi connectivity index (χ0v) is 16.1. The number of hydrogen-bond acceptors (Lipinski definition) is 2. The number of fused-ring (bicyclic) bond motifs is 1. The molecule has 142 valence electrons. The van der Waals surface area contributed by atoms with E-state index in [0.29, 0.717) is 18.5 Å². The predicted molar refractivity (Wildman–Crippen MR) is 118 cm³/mol. The van der Waals surface area contributed by atoms with E-state index < -0.39 is 0 Å². The molecule has 0 aliphatic carbocycles. The maximum absolute atomic E-state index is 12.7. The van der Waals surface area contributed by atoms with Gasteiger partial charge in [0, 0.05) is 28.6 Å². The molecule has 4 nitrogen and oxygen atoms in total. The second-order valence-electron chi connectivity index (χ2n) is 7.32. The minimum absolute atomic E-state index is 0.0211. The van der Waals surface area contributed by atoms with Crippen molar-refractivity contribution in [2.45, 2.75) is 13.3 Å². The highest BCUT2D eigenvalue weighted by Gasteiger charge is 2.29. The Labute approximate surface area is 168 Å². The lowest BCUT2D eigenvalue weighted by Crippen LogP contribution is -2.25. The second-order valence-corrected chi connectivity index (χ2v) is 7.32. The molecule has 2 amide bonds. The van der Waals surface area contributed by atoms with E-state index in [1.165, 1.54) is 0 Å². The number of carbonyl (C=O) groups excluding carboxylic acids is 2.